The minimum absolute atomic E-state index is 0.230. The van der Waals surface area contributed by atoms with Crippen LogP contribution in [0.4, 0.5) is 10.1 Å². The number of rotatable bonds is 4. The Morgan fingerprint density at radius 2 is 1.86 bits per heavy atom. The molecule has 0 spiro atoms. The Morgan fingerprint density at radius 1 is 1.19 bits per heavy atom. The van der Waals surface area contributed by atoms with E-state index < -0.39 is 26.8 Å². The maximum atomic E-state index is 13.8. The zero-order chi connectivity index (χ0) is 15.6. The van der Waals surface area contributed by atoms with Gasteiger partial charge in [0.25, 0.3) is 10.0 Å². The van der Waals surface area contributed by atoms with Gasteiger partial charge in [0, 0.05) is 5.56 Å². The van der Waals surface area contributed by atoms with Crippen LogP contribution in [0.5, 0.6) is 0 Å². The highest BCUT2D eigenvalue weighted by Crippen LogP contribution is 2.26. The molecule has 0 radical (unpaired) electrons. The minimum atomic E-state index is -4.06. The third-order valence-electron chi connectivity index (χ3n) is 3.03. The highest BCUT2D eigenvalue weighted by molar-refractivity contribution is 7.92. The predicted octanol–water partition coefficient (Wildman–Crippen LogP) is 2.99. The van der Waals surface area contributed by atoms with Gasteiger partial charge in [0.1, 0.15) is 10.7 Å². The Labute approximate surface area is 123 Å². The molecule has 1 atom stereocenters. The van der Waals surface area contributed by atoms with E-state index in [9.17, 15) is 17.9 Å². The van der Waals surface area contributed by atoms with Crippen molar-refractivity contribution in [3.8, 4) is 0 Å². The fourth-order valence-corrected chi connectivity index (χ4v) is 3.22. The molecule has 0 aliphatic rings. The highest BCUT2D eigenvalue weighted by atomic mass is 32.2. The Morgan fingerprint density at radius 3 is 2.52 bits per heavy atom. The van der Waals surface area contributed by atoms with Crippen molar-refractivity contribution in [2.45, 2.75) is 24.8 Å². The molecule has 4 nitrogen and oxygen atoms in total. The summed E-state index contributed by atoms with van der Waals surface area (Å²) in [6, 6.07) is 10.3. The molecule has 0 bridgehead atoms. The summed E-state index contributed by atoms with van der Waals surface area (Å²) in [5.41, 5.74) is 1.29. The monoisotopic (exact) mass is 309 g/mol. The van der Waals surface area contributed by atoms with E-state index in [1.807, 2.05) is 0 Å². The molecular weight excluding hydrogens is 293 g/mol. The van der Waals surface area contributed by atoms with Gasteiger partial charge in [0.05, 0.1) is 11.8 Å². The zero-order valence-electron chi connectivity index (χ0n) is 11.7. The Balaban J connectivity index is 2.45. The molecule has 2 aromatic rings. The highest BCUT2D eigenvalue weighted by Gasteiger charge is 2.21. The lowest BCUT2D eigenvalue weighted by molar-refractivity contribution is 0.200. The van der Waals surface area contributed by atoms with Gasteiger partial charge in [-0.25, -0.2) is 12.8 Å². The lowest BCUT2D eigenvalue weighted by Crippen LogP contribution is -2.16. The number of para-hydroxylation sites is 1. The van der Waals surface area contributed by atoms with Crippen LogP contribution in [0.25, 0.3) is 0 Å². The van der Waals surface area contributed by atoms with E-state index in [2.05, 4.69) is 4.72 Å². The maximum Gasteiger partial charge on any atom is 0.264 e. The summed E-state index contributed by atoms with van der Waals surface area (Å²) in [7, 11) is -4.06. The van der Waals surface area contributed by atoms with E-state index in [-0.39, 0.29) is 5.69 Å². The quantitative estimate of drug-likeness (QED) is 0.912. The molecule has 0 saturated heterocycles. The van der Waals surface area contributed by atoms with Gasteiger partial charge in [0.15, 0.2) is 0 Å². The van der Waals surface area contributed by atoms with Gasteiger partial charge in [-0.2, -0.15) is 0 Å². The van der Waals surface area contributed by atoms with Crippen molar-refractivity contribution in [1.82, 2.24) is 0 Å². The van der Waals surface area contributed by atoms with Gasteiger partial charge < -0.3 is 5.11 Å². The molecule has 21 heavy (non-hydrogen) atoms. The van der Waals surface area contributed by atoms with Crippen LogP contribution in [0.1, 0.15) is 24.2 Å². The van der Waals surface area contributed by atoms with E-state index in [0.717, 1.165) is 6.07 Å². The minimum Gasteiger partial charge on any atom is -0.389 e. The van der Waals surface area contributed by atoms with Crippen molar-refractivity contribution in [2.24, 2.45) is 0 Å². The zero-order valence-corrected chi connectivity index (χ0v) is 12.5. The fourth-order valence-electron chi connectivity index (χ4n) is 1.97. The number of benzene rings is 2. The third kappa shape index (κ3) is 3.40. The van der Waals surface area contributed by atoms with Crippen LogP contribution in [-0.4, -0.2) is 13.5 Å². The molecule has 2 aromatic carbocycles. The Hall–Kier alpha value is -1.92. The van der Waals surface area contributed by atoms with Gasteiger partial charge in [-0.15, -0.1) is 0 Å². The Kier molecular flexibility index (Phi) is 4.29. The summed E-state index contributed by atoms with van der Waals surface area (Å²) in [6.45, 7) is 3.21. The summed E-state index contributed by atoms with van der Waals surface area (Å²) in [5, 5.41) is 9.66. The summed E-state index contributed by atoms with van der Waals surface area (Å²) >= 11 is 0. The Bertz CT molecular complexity index is 757. The molecule has 0 aliphatic carbocycles. The standard InChI is InChI=1S/C15H16FNO3S/c1-10-7-8-13(16)15(9-10)21(19,20)17-14-6-4-3-5-12(14)11(2)18/h3-9,11,17-18H,1-2H3. The van der Waals surface area contributed by atoms with E-state index in [1.54, 1.807) is 25.1 Å². The fraction of sp³-hybridized carbons (Fsp3) is 0.200. The van der Waals surface area contributed by atoms with E-state index in [0.29, 0.717) is 11.1 Å². The molecule has 0 fully saturated rings. The second-order valence-corrected chi connectivity index (χ2v) is 6.45. The van der Waals surface area contributed by atoms with Crippen molar-refractivity contribution in [3.05, 3.63) is 59.4 Å². The van der Waals surface area contributed by atoms with Crippen molar-refractivity contribution >= 4 is 15.7 Å². The van der Waals surface area contributed by atoms with Crippen LogP contribution in [0.2, 0.25) is 0 Å². The first kappa shape index (κ1) is 15.5. The van der Waals surface area contributed by atoms with Gasteiger partial charge in [-0.05, 0) is 37.6 Å². The molecule has 6 heteroatoms. The number of hydrogen-bond acceptors (Lipinski definition) is 3. The molecule has 0 amide bonds. The molecule has 0 heterocycles. The number of anilines is 1. The van der Waals surface area contributed by atoms with Crippen molar-refractivity contribution in [3.63, 3.8) is 0 Å². The number of aliphatic hydroxyl groups excluding tert-OH is 1. The second-order valence-electron chi connectivity index (χ2n) is 4.80. The van der Waals surface area contributed by atoms with E-state index in [4.69, 9.17) is 0 Å². The number of nitrogens with one attached hydrogen (secondary N) is 1. The molecular formula is C15H16FNO3S. The lowest BCUT2D eigenvalue weighted by Gasteiger charge is -2.14. The summed E-state index contributed by atoms with van der Waals surface area (Å²) in [5.74, 6) is -0.817. The predicted molar refractivity (Wildman–Crippen MR) is 79.0 cm³/mol. The average Bonchev–Trinajstić information content (AvgIpc) is 2.41. The average molecular weight is 309 g/mol. The van der Waals surface area contributed by atoms with Gasteiger partial charge in [-0.1, -0.05) is 24.3 Å². The van der Waals surface area contributed by atoms with Crippen LogP contribution >= 0.6 is 0 Å². The first-order chi connectivity index (χ1) is 9.81. The first-order valence-electron chi connectivity index (χ1n) is 6.37. The number of halogens is 1. The second kappa shape index (κ2) is 5.83. The maximum absolute atomic E-state index is 13.8. The number of hydrogen-bond donors (Lipinski definition) is 2. The molecule has 0 aliphatic heterocycles. The summed E-state index contributed by atoms with van der Waals surface area (Å²) in [6.07, 6.45) is -0.841. The smallest absolute Gasteiger partial charge is 0.264 e. The summed E-state index contributed by atoms with van der Waals surface area (Å²) < 4.78 is 40.7. The van der Waals surface area contributed by atoms with Crippen molar-refractivity contribution in [1.29, 1.82) is 0 Å². The molecule has 0 saturated carbocycles. The van der Waals surface area contributed by atoms with Crippen molar-refractivity contribution in [2.75, 3.05) is 4.72 Å². The van der Waals surface area contributed by atoms with Crippen LogP contribution < -0.4 is 4.72 Å². The molecule has 112 valence electrons. The first-order valence-corrected chi connectivity index (χ1v) is 7.85. The third-order valence-corrected chi connectivity index (χ3v) is 4.41. The number of aryl methyl sites for hydroxylation is 1. The van der Waals surface area contributed by atoms with Crippen LogP contribution in [0, 0.1) is 12.7 Å². The summed E-state index contributed by atoms with van der Waals surface area (Å²) in [4.78, 5) is -0.414. The van der Waals surface area contributed by atoms with Gasteiger partial charge >= 0.3 is 0 Å². The molecule has 2 N–H and O–H groups in total. The molecule has 1 unspecified atom stereocenters. The van der Waals surface area contributed by atoms with Crippen LogP contribution in [0.3, 0.4) is 0 Å². The molecule has 2 rings (SSSR count). The van der Waals surface area contributed by atoms with E-state index in [1.165, 1.54) is 25.1 Å². The SMILES string of the molecule is Cc1ccc(F)c(S(=O)(=O)Nc2ccccc2C(C)O)c1. The van der Waals surface area contributed by atoms with Crippen LogP contribution in [-0.2, 0) is 10.0 Å². The largest absolute Gasteiger partial charge is 0.389 e. The number of aliphatic hydroxyl groups is 1. The van der Waals surface area contributed by atoms with Crippen molar-refractivity contribution < 1.29 is 17.9 Å². The topological polar surface area (TPSA) is 66.4 Å². The van der Waals surface area contributed by atoms with Crippen LogP contribution in [0.15, 0.2) is 47.4 Å². The van der Waals surface area contributed by atoms with Gasteiger partial charge in [0.2, 0.25) is 0 Å². The normalized spacial score (nSPS) is 13.0. The molecule has 0 aromatic heterocycles. The number of sulfonamides is 1. The van der Waals surface area contributed by atoms with Gasteiger partial charge in [-0.3, -0.25) is 4.72 Å². The van der Waals surface area contributed by atoms with E-state index >= 15 is 0 Å². The lowest BCUT2D eigenvalue weighted by atomic mass is 10.1.